The van der Waals surface area contributed by atoms with Crippen molar-refractivity contribution in [1.29, 1.82) is 0 Å². The minimum absolute atomic E-state index is 0.0841. The molecule has 0 amide bonds. The lowest BCUT2D eigenvalue weighted by Crippen LogP contribution is -2.32. The van der Waals surface area contributed by atoms with E-state index in [1.54, 1.807) is 6.07 Å². The normalized spacial score (nSPS) is 13.8. The van der Waals surface area contributed by atoms with Crippen LogP contribution >= 0.6 is 11.6 Å². The first-order valence-electron chi connectivity index (χ1n) is 4.90. The molecular formula is C11H15ClFNOS. The zero-order chi connectivity index (χ0) is 12.3. The van der Waals surface area contributed by atoms with Crippen molar-refractivity contribution in [3.05, 3.63) is 34.6 Å². The van der Waals surface area contributed by atoms with Gasteiger partial charge in [0.2, 0.25) is 0 Å². The van der Waals surface area contributed by atoms with Gasteiger partial charge in [-0.05, 0) is 38.5 Å². The van der Waals surface area contributed by atoms with Gasteiger partial charge in [0.15, 0.2) is 0 Å². The molecule has 1 N–H and O–H groups in total. The van der Waals surface area contributed by atoms with Crippen LogP contribution in [0.5, 0.6) is 0 Å². The topological polar surface area (TPSA) is 29.1 Å². The highest BCUT2D eigenvalue weighted by molar-refractivity contribution is 7.84. The minimum atomic E-state index is -1.14. The van der Waals surface area contributed by atoms with Crippen molar-refractivity contribution in [1.82, 2.24) is 4.72 Å². The van der Waals surface area contributed by atoms with Crippen LogP contribution < -0.4 is 4.72 Å². The lowest BCUT2D eigenvalue weighted by atomic mass is 10.2. The van der Waals surface area contributed by atoms with E-state index in [1.807, 2.05) is 20.8 Å². The van der Waals surface area contributed by atoms with Crippen molar-refractivity contribution in [3.8, 4) is 0 Å². The van der Waals surface area contributed by atoms with Gasteiger partial charge in [0.05, 0.1) is 20.8 Å². The van der Waals surface area contributed by atoms with Gasteiger partial charge in [-0.2, -0.15) is 0 Å². The number of benzene rings is 1. The molecule has 0 heterocycles. The Morgan fingerprint density at radius 3 is 2.56 bits per heavy atom. The Morgan fingerprint density at radius 1 is 1.44 bits per heavy atom. The molecule has 1 aromatic rings. The SMILES string of the molecule is CC(C)(C)S(=O)NCc1ccc(F)c(Cl)c1. The van der Waals surface area contributed by atoms with Gasteiger partial charge in [0, 0.05) is 6.54 Å². The lowest BCUT2D eigenvalue weighted by Gasteiger charge is -2.18. The molecule has 0 spiro atoms. The van der Waals surface area contributed by atoms with Crippen molar-refractivity contribution in [3.63, 3.8) is 0 Å². The van der Waals surface area contributed by atoms with E-state index >= 15 is 0 Å². The summed E-state index contributed by atoms with van der Waals surface area (Å²) in [5.74, 6) is -0.442. The highest BCUT2D eigenvalue weighted by atomic mass is 35.5. The second-order valence-corrected chi connectivity index (χ2v) is 6.91. The van der Waals surface area contributed by atoms with Gasteiger partial charge in [-0.1, -0.05) is 17.7 Å². The first kappa shape index (κ1) is 13.6. The summed E-state index contributed by atoms with van der Waals surface area (Å²) in [6.07, 6.45) is 0. The van der Waals surface area contributed by atoms with Crippen LogP contribution in [0.15, 0.2) is 18.2 Å². The Labute approximate surface area is 103 Å². The van der Waals surface area contributed by atoms with Gasteiger partial charge < -0.3 is 0 Å². The summed E-state index contributed by atoms with van der Waals surface area (Å²) >= 11 is 5.64. The van der Waals surface area contributed by atoms with Gasteiger partial charge in [-0.25, -0.2) is 13.3 Å². The van der Waals surface area contributed by atoms with Crippen LogP contribution in [-0.2, 0) is 17.5 Å². The summed E-state index contributed by atoms with van der Waals surface area (Å²) in [5, 5.41) is 0.0841. The van der Waals surface area contributed by atoms with E-state index in [0.717, 1.165) is 5.56 Å². The molecule has 1 aromatic carbocycles. The summed E-state index contributed by atoms with van der Waals surface area (Å²) in [6.45, 7) is 6.05. The van der Waals surface area contributed by atoms with Gasteiger partial charge in [-0.3, -0.25) is 0 Å². The zero-order valence-electron chi connectivity index (χ0n) is 9.51. The maximum atomic E-state index is 12.9. The van der Waals surface area contributed by atoms with Crippen LogP contribution in [0.4, 0.5) is 4.39 Å². The standard InChI is InChI=1S/C11H15ClFNOS/c1-11(2,3)16(15)14-7-8-4-5-10(13)9(12)6-8/h4-6,14H,7H2,1-3H3. The average Bonchev–Trinajstić information content (AvgIpc) is 2.18. The lowest BCUT2D eigenvalue weighted by molar-refractivity contribution is 0.626. The van der Waals surface area contributed by atoms with Crippen LogP contribution in [0.2, 0.25) is 5.02 Å². The van der Waals surface area contributed by atoms with E-state index in [2.05, 4.69) is 4.72 Å². The van der Waals surface area contributed by atoms with Crippen molar-refractivity contribution < 1.29 is 8.60 Å². The molecule has 2 nitrogen and oxygen atoms in total. The first-order chi connectivity index (χ1) is 7.30. The third-order valence-corrected chi connectivity index (χ3v) is 3.76. The highest BCUT2D eigenvalue weighted by Crippen LogP contribution is 2.16. The largest absolute Gasteiger partial charge is 0.242 e. The molecule has 0 bridgehead atoms. The predicted octanol–water partition coefficient (Wildman–Crippen LogP) is 3.03. The average molecular weight is 264 g/mol. The number of hydrogen-bond donors (Lipinski definition) is 1. The fraction of sp³-hybridized carbons (Fsp3) is 0.455. The summed E-state index contributed by atoms with van der Waals surface area (Å²) < 4.78 is 27.1. The molecule has 1 atom stereocenters. The van der Waals surface area contributed by atoms with Crippen molar-refractivity contribution in [2.75, 3.05) is 0 Å². The molecule has 90 valence electrons. The number of rotatable bonds is 3. The molecule has 0 aliphatic rings. The quantitative estimate of drug-likeness (QED) is 0.892. The second kappa shape index (κ2) is 5.25. The van der Waals surface area contributed by atoms with Crippen LogP contribution in [0.3, 0.4) is 0 Å². The van der Waals surface area contributed by atoms with E-state index in [4.69, 9.17) is 11.6 Å². The molecular weight excluding hydrogens is 249 g/mol. The Bertz CT molecular complexity index is 403. The molecule has 5 heteroatoms. The number of hydrogen-bond acceptors (Lipinski definition) is 1. The molecule has 0 radical (unpaired) electrons. The smallest absolute Gasteiger partial charge is 0.141 e. The van der Waals surface area contributed by atoms with Crippen molar-refractivity contribution in [2.24, 2.45) is 0 Å². The fourth-order valence-electron chi connectivity index (χ4n) is 1.01. The zero-order valence-corrected chi connectivity index (χ0v) is 11.1. The third kappa shape index (κ3) is 3.85. The van der Waals surface area contributed by atoms with Crippen LogP contribution in [0.25, 0.3) is 0 Å². The summed E-state index contributed by atoms with van der Waals surface area (Å²) in [7, 11) is -1.14. The van der Waals surface area contributed by atoms with Crippen molar-refractivity contribution in [2.45, 2.75) is 32.1 Å². The number of nitrogens with one attached hydrogen (secondary N) is 1. The summed E-state index contributed by atoms with van der Waals surface area (Å²) in [4.78, 5) is 0. The van der Waals surface area contributed by atoms with Crippen LogP contribution in [0.1, 0.15) is 26.3 Å². The minimum Gasteiger partial charge on any atom is -0.242 e. The van der Waals surface area contributed by atoms with Gasteiger partial charge in [0.1, 0.15) is 5.82 Å². The van der Waals surface area contributed by atoms with Crippen LogP contribution in [0, 0.1) is 5.82 Å². The predicted molar refractivity (Wildman–Crippen MR) is 66.1 cm³/mol. The van der Waals surface area contributed by atoms with E-state index in [0.29, 0.717) is 6.54 Å². The van der Waals surface area contributed by atoms with E-state index in [-0.39, 0.29) is 9.77 Å². The first-order valence-corrected chi connectivity index (χ1v) is 6.43. The molecule has 0 aliphatic heterocycles. The summed E-state index contributed by atoms with van der Waals surface area (Å²) in [5.41, 5.74) is 0.809. The molecule has 16 heavy (non-hydrogen) atoms. The van der Waals surface area contributed by atoms with Crippen LogP contribution in [-0.4, -0.2) is 8.96 Å². The molecule has 0 fully saturated rings. The van der Waals surface area contributed by atoms with Crippen molar-refractivity contribution >= 4 is 22.6 Å². The van der Waals surface area contributed by atoms with Gasteiger partial charge >= 0.3 is 0 Å². The molecule has 0 saturated carbocycles. The maximum absolute atomic E-state index is 12.9. The van der Waals surface area contributed by atoms with E-state index in [9.17, 15) is 8.60 Å². The Balaban J connectivity index is 2.62. The monoisotopic (exact) mass is 263 g/mol. The molecule has 0 aromatic heterocycles. The second-order valence-electron chi connectivity index (χ2n) is 4.45. The fourth-order valence-corrected chi connectivity index (χ4v) is 1.95. The Hall–Kier alpha value is -0.450. The molecule has 0 saturated heterocycles. The molecule has 0 aliphatic carbocycles. The maximum Gasteiger partial charge on any atom is 0.141 e. The molecule has 1 rings (SSSR count). The van der Waals surface area contributed by atoms with Gasteiger partial charge in [-0.15, -0.1) is 0 Å². The van der Waals surface area contributed by atoms with E-state index < -0.39 is 16.8 Å². The highest BCUT2D eigenvalue weighted by Gasteiger charge is 2.18. The Kier molecular flexibility index (Phi) is 4.47. The third-order valence-electron chi connectivity index (χ3n) is 1.95. The number of halogens is 2. The van der Waals surface area contributed by atoms with Gasteiger partial charge in [0.25, 0.3) is 0 Å². The molecule has 1 unspecified atom stereocenters. The Morgan fingerprint density at radius 2 is 2.06 bits per heavy atom. The summed E-state index contributed by atoms with van der Waals surface area (Å²) in [6, 6.07) is 4.46. The van der Waals surface area contributed by atoms with E-state index in [1.165, 1.54) is 12.1 Å².